The first kappa shape index (κ1) is 15.8. The second kappa shape index (κ2) is 7.21. The molecule has 0 aliphatic rings. The van der Waals surface area contributed by atoms with E-state index in [0.717, 1.165) is 6.54 Å². The monoisotopic (exact) mass is 251 g/mol. The minimum atomic E-state index is -3.15. The average Bonchev–Trinajstić information content (AvgIpc) is 2.14. The van der Waals surface area contributed by atoms with Gasteiger partial charge in [0.15, 0.2) is 0 Å². The molecular formula is C10H25N3O2S. The van der Waals surface area contributed by atoms with Gasteiger partial charge in [-0.15, -0.1) is 0 Å². The van der Waals surface area contributed by atoms with Crippen LogP contribution in [0.2, 0.25) is 0 Å². The molecule has 0 bridgehead atoms. The Morgan fingerprint density at radius 3 is 2.25 bits per heavy atom. The van der Waals surface area contributed by atoms with E-state index in [1.54, 1.807) is 4.31 Å². The number of likely N-dealkylation sites (N-methyl/N-ethyl adjacent to an activating group) is 2. The summed E-state index contributed by atoms with van der Waals surface area (Å²) in [5, 5.41) is 0. The zero-order chi connectivity index (χ0) is 12.8. The highest BCUT2D eigenvalue weighted by Crippen LogP contribution is 2.09. The van der Waals surface area contributed by atoms with E-state index in [-0.39, 0.29) is 11.8 Å². The molecule has 0 amide bonds. The largest absolute Gasteiger partial charge is 0.330 e. The molecule has 1 atom stereocenters. The van der Waals surface area contributed by atoms with Gasteiger partial charge in [0, 0.05) is 19.1 Å². The second-order valence-corrected chi connectivity index (χ2v) is 6.31. The summed E-state index contributed by atoms with van der Waals surface area (Å²) >= 11 is 0. The maximum Gasteiger partial charge on any atom is 0.214 e. The number of hydrogen-bond acceptors (Lipinski definition) is 4. The molecule has 0 fully saturated rings. The third-order valence-corrected chi connectivity index (χ3v) is 4.53. The van der Waals surface area contributed by atoms with Crippen LogP contribution in [0.3, 0.4) is 0 Å². The SMILES string of the molecule is CCN(C(C)CN(C)C)S(=O)(=O)CCCN. The van der Waals surface area contributed by atoms with Crippen molar-refractivity contribution >= 4 is 10.0 Å². The van der Waals surface area contributed by atoms with Crippen molar-refractivity contribution in [3.63, 3.8) is 0 Å². The molecule has 0 aliphatic heterocycles. The Kier molecular flexibility index (Phi) is 7.14. The normalized spacial score (nSPS) is 14.7. The van der Waals surface area contributed by atoms with Crippen LogP contribution in [0.5, 0.6) is 0 Å². The molecular weight excluding hydrogens is 226 g/mol. The van der Waals surface area contributed by atoms with Gasteiger partial charge < -0.3 is 10.6 Å². The van der Waals surface area contributed by atoms with Gasteiger partial charge in [-0.3, -0.25) is 0 Å². The van der Waals surface area contributed by atoms with Gasteiger partial charge in [0.1, 0.15) is 0 Å². The Morgan fingerprint density at radius 1 is 1.31 bits per heavy atom. The molecule has 2 N–H and O–H groups in total. The molecule has 0 aliphatic carbocycles. The molecule has 0 aromatic carbocycles. The standard InChI is InChI=1S/C10H25N3O2S/c1-5-13(10(2)9-12(3)4)16(14,15)8-6-7-11/h10H,5-9,11H2,1-4H3. The van der Waals surface area contributed by atoms with Crippen LogP contribution in [0.25, 0.3) is 0 Å². The van der Waals surface area contributed by atoms with E-state index in [0.29, 0.717) is 19.5 Å². The average molecular weight is 251 g/mol. The molecule has 0 spiro atoms. The van der Waals surface area contributed by atoms with Crippen LogP contribution in [0.1, 0.15) is 20.3 Å². The van der Waals surface area contributed by atoms with Crippen molar-refractivity contribution in [1.82, 2.24) is 9.21 Å². The first-order valence-electron chi connectivity index (χ1n) is 5.69. The summed E-state index contributed by atoms with van der Waals surface area (Å²) in [4.78, 5) is 1.99. The van der Waals surface area contributed by atoms with Crippen molar-refractivity contribution in [2.24, 2.45) is 5.73 Å². The van der Waals surface area contributed by atoms with Crippen molar-refractivity contribution in [3.05, 3.63) is 0 Å². The van der Waals surface area contributed by atoms with Gasteiger partial charge in [-0.2, -0.15) is 4.31 Å². The fourth-order valence-electron chi connectivity index (χ4n) is 1.79. The van der Waals surface area contributed by atoms with Crippen LogP contribution >= 0.6 is 0 Å². The molecule has 0 radical (unpaired) electrons. The van der Waals surface area contributed by atoms with Gasteiger partial charge in [0.25, 0.3) is 0 Å². The highest BCUT2D eigenvalue weighted by atomic mass is 32.2. The van der Waals surface area contributed by atoms with Crippen LogP contribution in [-0.4, -0.2) is 63.1 Å². The van der Waals surface area contributed by atoms with Crippen LogP contribution in [-0.2, 0) is 10.0 Å². The summed E-state index contributed by atoms with van der Waals surface area (Å²) in [6.45, 7) is 5.46. The topological polar surface area (TPSA) is 66.6 Å². The van der Waals surface area contributed by atoms with E-state index in [9.17, 15) is 8.42 Å². The van der Waals surface area contributed by atoms with Crippen molar-refractivity contribution in [2.45, 2.75) is 26.3 Å². The van der Waals surface area contributed by atoms with E-state index in [2.05, 4.69) is 0 Å². The molecule has 6 heteroatoms. The molecule has 0 aromatic heterocycles. The number of nitrogens with zero attached hydrogens (tertiary/aromatic N) is 2. The predicted octanol–water partition coefficient (Wildman–Crippen LogP) is -0.0630. The summed E-state index contributed by atoms with van der Waals surface area (Å²) in [5.41, 5.74) is 5.34. The van der Waals surface area contributed by atoms with Crippen LogP contribution in [0.4, 0.5) is 0 Å². The highest BCUT2D eigenvalue weighted by Gasteiger charge is 2.25. The van der Waals surface area contributed by atoms with E-state index in [4.69, 9.17) is 5.73 Å². The summed E-state index contributed by atoms with van der Waals surface area (Å²) in [5.74, 6) is 0.148. The van der Waals surface area contributed by atoms with Crippen LogP contribution in [0.15, 0.2) is 0 Å². The Morgan fingerprint density at radius 2 is 1.88 bits per heavy atom. The minimum Gasteiger partial charge on any atom is -0.330 e. The van der Waals surface area contributed by atoms with E-state index in [1.165, 1.54) is 0 Å². The van der Waals surface area contributed by atoms with Crippen LogP contribution < -0.4 is 5.73 Å². The molecule has 0 saturated heterocycles. The number of rotatable bonds is 8. The zero-order valence-electron chi connectivity index (χ0n) is 10.8. The molecule has 0 heterocycles. The molecule has 0 saturated carbocycles. The molecule has 1 unspecified atom stereocenters. The number of nitrogens with two attached hydrogens (primary N) is 1. The lowest BCUT2D eigenvalue weighted by Gasteiger charge is -2.29. The van der Waals surface area contributed by atoms with E-state index < -0.39 is 10.0 Å². The van der Waals surface area contributed by atoms with Crippen molar-refractivity contribution in [3.8, 4) is 0 Å². The van der Waals surface area contributed by atoms with Crippen molar-refractivity contribution in [2.75, 3.05) is 39.5 Å². The van der Waals surface area contributed by atoms with Gasteiger partial charge in [-0.25, -0.2) is 8.42 Å². The Labute approximate surface area is 99.6 Å². The predicted molar refractivity (Wildman–Crippen MR) is 67.9 cm³/mol. The van der Waals surface area contributed by atoms with Crippen molar-refractivity contribution < 1.29 is 8.42 Å². The van der Waals surface area contributed by atoms with Gasteiger partial charge in [-0.1, -0.05) is 6.92 Å². The Hall–Kier alpha value is -0.170. The minimum absolute atomic E-state index is 0.00257. The molecule has 98 valence electrons. The quantitative estimate of drug-likeness (QED) is 0.656. The third-order valence-electron chi connectivity index (χ3n) is 2.40. The Balaban J connectivity index is 4.57. The summed E-state index contributed by atoms with van der Waals surface area (Å²) < 4.78 is 25.5. The van der Waals surface area contributed by atoms with Crippen molar-refractivity contribution in [1.29, 1.82) is 0 Å². The lowest BCUT2D eigenvalue weighted by atomic mass is 10.3. The lowest BCUT2D eigenvalue weighted by molar-refractivity contribution is 0.271. The first-order chi connectivity index (χ1) is 7.35. The second-order valence-electron chi connectivity index (χ2n) is 4.27. The Bertz CT molecular complexity index is 278. The summed E-state index contributed by atoms with van der Waals surface area (Å²) in [6.07, 6.45) is 0.521. The molecule has 0 rings (SSSR count). The summed E-state index contributed by atoms with van der Waals surface area (Å²) in [7, 11) is 0.730. The highest BCUT2D eigenvalue weighted by molar-refractivity contribution is 7.89. The third kappa shape index (κ3) is 5.25. The lowest BCUT2D eigenvalue weighted by Crippen LogP contribution is -2.44. The van der Waals surface area contributed by atoms with Crippen LogP contribution in [0, 0.1) is 0 Å². The maximum absolute atomic E-state index is 12.0. The zero-order valence-corrected chi connectivity index (χ0v) is 11.6. The van der Waals surface area contributed by atoms with Gasteiger partial charge >= 0.3 is 0 Å². The van der Waals surface area contributed by atoms with Gasteiger partial charge in [0.05, 0.1) is 5.75 Å². The molecule has 0 aromatic rings. The maximum atomic E-state index is 12.0. The number of hydrogen-bond donors (Lipinski definition) is 1. The first-order valence-corrected chi connectivity index (χ1v) is 7.30. The van der Waals surface area contributed by atoms with Gasteiger partial charge in [0.2, 0.25) is 10.0 Å². The molecule has 5 nitrogen and oxygen atoms in total. The molecule has 16 heavy (non-hydrogen) atoms. The smallest absolute Gasteiger partial charge is 0.214 e. The van der Waals surface area contributed by atoms with E-state index >= 15 is 0 Å². The van der Waals surface area contributed by atoms with E-state index in [1.807, 2.05) is 32.8 Å². The summed E-state index contributed by atoms with van der Waals surface area (Å²) in [6, 6.07) is 0.00257. The number of sulfonamides is 1. The fraction of sp³-hybridized carbons (Fsp3) is 1.00. The van der Waals surface area contributed by atoms with Gasteiger partial charge in [-0.05, 0) is 34.0 Å². The fourth-order valence-corrected chi connectivity index (χ4v) is 3.56.